The summed E-state index contributed by atoms with van der Waals surface area (Å²) in [6.45, 7) is 0. The largest absolute Gasteiger partial charge is 0.573 e. The third kappa shape index (κ3) is 2.94. The van der Waals surface area contributed by atoms with Gasteiger partial charge in [0.1, 0.15) is 11.5 Å². The van der Waals surface area contributed by atoms with Crippen LogP contribution in [0.2, 0.25) is 0 Å². The molecule has 2 nitrogen and oxygen atoms in total. The summed E-state index contributed by atoms with van der Waals surface area (Å²) >= 11 is 0. The van der Waals surface area contributed by atoms with E-state index in [1.165, 1.54) is 30.3 Å². The van der Waals surface area contributed by atoms with Crippen molar-refractivity contribution in [3.05, 3.63) is 48.5 Å². The molecule has 0 aliphatic carbocycles. The van der Waals surface area contributed by atoms with Gasteiger partial charge in [0.05, 0.1) is 0 Å². The van der Waals surface area contributed by atoms with Gasteiger partial charge in [0.2, 0.25) is 0 Å². The number of alkyl halides is 3. The fourth-order valence-electron chi connectivity index (χ4n) is 1.50. The van der Waals surface area contributed by atoms with E-state index in [0.29, 0.717) is 11.1 Å². The predicted molar refractivity (Wildman–Crippen MR) is 59.1 cm³/mol. The van der Waals surface area contributed by atoms with Gasteiger partial charge >= 0.3 is 6.36 Å². The molecule has 0 bridgehead atoms. The van der Waals surface area contributed by atoms with Crippen LogP contribution in [0.25, 0.3) is 11.1 Å². The normalized spacial score (nSPS) is 11.3. The third-order valence-corrected chi connectivity index (χ3v) is 2.24. The first-order valence-electron chi connectivity index (χ1n) is 5.01. The summed E-state index contributed by atoms with van der Waals surface area (Å²) < 4.78 is 39.6. The molecule has 0 saturated heterocycles. The number of halogens is 3. The van der Waals surface area contributed by atoms with E-state index >= 15 is 0 Å². The van der Waals surface area contributed by atoms with Crippen LogP contribution in [-0.4, -0.2) is 11.5 Å². The van der Waals surface area contributed by atoms with Crippen LogP contribution in [0.15, 0.2) is 42.5 Å². The molecule has 5 heteroatoms. The second-order valence-corrected chi connectivity index (χ2v) is 3.52. The highest BCUT2D eigenvalue weighted by atomic mass is 19.4. The topological polar surface area (TPSA) is 29.5 Å². The highest BCUT2D eigenvalue weighted by Crippen LogP contribution is 2.30. The molecule has 0 spiro atoms. The molecule has 0 heterocycles. The molecule has 0 aromatic heterocycles. The molecule has 0 unspecified atom stereocenters. The van der Waals surface area contributed by atoms with Gasteiger partial charge in [-0.15, -0.1) is 13.2 Å². The average molecular weight is 253 g/mol. The lowest BCUT2D eigenvalue weighted by molar-refractivity contribution is -0.274. The molecule has 1 radical (unpaired) electrons. The molecule has 1 N–H and O–H groups in total. The minimum absolute atomic E-state index is 0.0157. The van der Waals surface area contributed by atoms with E-state index < -0.39 is 6.36 Å². The van der Waals surface area contributed by atoms with Crippen LogP contribution >= 0.6 is 0 Å². The minimum Gasteiger partial charge on any atom is -0.507 e. The van der Waals surface area contributed by atoms with E-state index in [0.717, 1.165) is 0 Å². The van der Waals surface area contributed by atoms with Gasteiger partial charge in [-0.25, -0.2) is 0 Å². The Bertz CT molecular complexity index is 533. The molecule has 0 amide bonds. The number of aromatic hydroxyl groups is 1. The van der Waals surface area contributed by atoms with Gasteiger partial charge in [-0.1, -0.05) is 24.3 Å². The summed E-state index contributed by atoms with van der Waals surface area (Å²) in [7, 11) is 0. The second-order valence-electron chi connectivity index (χ2n) is 3.52. The smallest absolute Gasteiger partial charge is 0.507 e. The fourth-order valence-corrected chi connectivity index (χ4v) is 1.50. The van der Waals surface area contributed by atoms with E-state index in [-0.39, 0.29) is 11.5 Å². The van der Waals surface area contributed by atoms with Crippen LogP contribution < -0.4 is 4.74 Å². The second kappa shape index (κ2) is 4.60. The van der Waals surface area contributed by atoms with Crippen LogP contribution in [0.1, 0.15) is 0 Å². The van der Waals surface area contributed by atoms with E-state index in [1.54, 1.807) is 12.1 Å². The lowest BCUT2D eigenvalue weighted by Gasteiger charge is -2.09. The van der Waals surface area contributed by atoms with Gasteiger partial charge in [0, 0.05) is 5.56 Å². The van der Waals surface area contributed by atoms with Crippen molar-refractivity contribution in [2.45, 2.75) is 6.36 Å². The summed E-state index contributed by atoms with van der Waals surface area (Å²) in [5.41, 5.74) is 1.11. The van der Waals surface area contributed by atoms with Crippen LogP contribution in [0, 0.1) is 6.07 Å². The molecule has 2 aromatic carbocycles. The fraction of sp³-hybridized carbons (Fsp3) is 0.0769. The summed E-state index contributed by atoms with van der Waals surface area (Å²) in [5, 5.41) is 9.58. The summed E-state index contributed by atoms with van der Waals surface area (Å²) in [5.74, 6) is -0.282. The number of phenolic OH excluding ortho intramolecular Hbond substituents is 1. The SMILES string of the molecule is Oc1c[c]ccc1-c1ccc(OC(F)(F)F)cc1. The van der Waals surface area contributed by atoms with Gasteiger partial charge in [-0.3, -0.25) is 0 Å². The van der Waals surface area contributed by atoms with Gasteiger partial charge in [0.15, 0.2) is 0 Å². The van der Waals surface area contributed by atoms with Crippen LogP contribution in [0.4, 0.5) is 13.2 Å². The number of ether oxygens (including phenoxy) is 1. The first kappa shape index (κ1) is 12.3. The average Bonchev–Trinajstić information content (AvgIpc) is 2.29. The Morgan fingerprint density at radius 2 is 1.72 bits per heavy atom. The van der Waals surface area contributed by atoms with Crippen LogP contribution in [0.5, 0.6) is 11.5 Å². The molecule has 0 saturated carbocycles. The van der Waals surface area contributed by atoms with Crippen molar-refractivity contribution < 1.29 is 23.0 Å². The zero-order valence-electron chi connectivity index (χ0n) is 9.03. The van der Waals surface area contributed by atoms with E-state index in [4.69, 9.17) is 0 Å². The maximum atomic E-state index is 12.0. The number of benzene rings is 2. The lowest BCUT2D eigenvalue weighted by Crippen LogP contribution is -2.16. The Labute approximate surface area is 101 Å². The van der Waals surface area contributed by atoms with Gasteiger partial charge in [-0.2, -0.15) is 0 Å². The van der Waals surface area contributed by atoms with Crippen molar-refractivity contribution in [3.63, 3.8) is 0 Å². The minimum atomic E-state index is -4.70. The summed E-state index contributed by atoms with van der Waals surface area (Å²) in [4.78, 5) is 0. The standard InChI is InChI=1S/C13H8F3O2/c14-13(15,16)18-10-7-5-9(6-8-10)11-3-1-2-4-12(11)17/h1,3-8,17H. The quantitative estimate of drug-likeness (QED) is 0.883. The van der Waals surface area contributed by atoms with E-state index in [2.05, 4.69) is 10.8 Å². The third-order valence-electron chi connectivity index (χ3n) is 2.24. The van der Waals surface area contributed by atoms with E-state index in [1.807, 2.05) is 0 Å². The Kier molecular flexibility index (Phi) is 3.14. The highest BCUT2D eigenvalue weighted by Gasteiger charge is 2.30. The zero-order valence-corrected chi connectivity index (χ0v) is 9.03. The monoisotopic (exact) mass is 253 g/mol. The van der Waals surface area contributed by atoms with E-state index in [9.17, 15) is 18.3 Å². The van der Waals surface area contributed by atoms with Crippen molar-refractivity contribution in [1.82, 2.24) is 0 Å². The Morgan fingerprint density at radius 1 is 1.06 bits per heavy atom. The zero-order chi connectivity index (χ0) is 13.2. The van der Waals surface area contributed by atoms with Crippen LogP contribution in [-0.2, 0) is 0 Å². The molecule has 2 aromatic rings. The van der Waals surface area contributed by atoms with Gasteiger partial charge in [0.25, 0.3) is 0 Å². The van der Waals surface area contributed by atoms with Crippen molar-refractivity contribution in [3.8, 4) is 22.6 Å². The molecule has 0 aliphatic heterocycles. The number of hydrogen-bond acceptors (Lipinski definition) is 2. The molecule has 0 aliphatic rings. The predicted octanol–water partition coefficient (Wildman–Crippen LogP) is 3.76. The molecule has 93 valence electrons. The number of phenols is 1. The highest BCUT2D eigenvalue weighted by molar-refractivity contribution is 5.70. The molecule has 0 atom stereocenters. The Hall–Kier alpha value is -2.17. The summed E-state index contributed by atoms with van der Waals surface area (Å²) in [6, 6.07) is 12.6. The first-order valence-corrected chi connectivity index (χ1v) is 5.01. The van der Waals surface area contributed by atoms with Gasteiger partial charge in [-0.05, 0) is 29.8 Å². The maximum Gasteiger partial charge on any atom is 0.573 e. The molecular formula is C13H8F3O2. The van der Waals surface area contributed by atoms with Gasteiger partial charge < -0.3 is 9.84 Å². The Balaban J connectivity index is 2.26. The molecule has 0 fully saturated rings. The van der Waals surface area contributed by atoms with Crippen molar-refractivity contribution in [1.29, 1.82) is 0 Å². The first-order chi connectivity index (χ1) is 8.46. The lowest BCUT2D eigenvalue weighted by atomic mass is 10.0. The maximum absolute atomic E-state index is 12.0. The number of rotatable bonds is 2. The summed E-state index contributed by atoms with van der Waals surface area (Å²) in [6.07, 6.45) is -4.70. The molecule has 2 rings (SSSR count). The van der Waals surface area contributed by atoms with Crippen LogP contribution in [0.3, 0.4) is 0 Å². The number of hydrogen-bond donors (Lipinski definition) is 1. The van der Waals surface area contributed by atoms with Crippen molar-refractivity contribution in [2.75, 3.05) is 0 Å². The van der Waals surface area contributed by atoms with Crippen molar-refractivity contribution >= 4 is 0 Å². The Morgan fingerprint density at radius 3 is 2.28 bits per heavy atom. The molecule has 18 heavy (non-hydrogen) atoms. The molecular weight excluding hydrogens is 245 g/mol. The van der Waals surface area contributed by atoms with Crippen molar-refractivity contribution in [2.24, 2.45) is 0 Å².